The van der Waals surface area contributed by atoms with E-state index in [1.807, 2.05) is 176 Å². The molecule has 17 aromatic rings. The number of benzene rings is 12. The molecule has 5 heterocycles. The van der Waals surface area contributed by atoms with Gasteiger partial charge in [-0.15, -0.1) is 0 Å². The summed E-state index contributed by atoms with van der Waals surface area (Å²) in [5.74, 6) is 3.59. The topological polar surface area (TPSA) is 122 Å². The fourth-order valence-electron chi connectivity index (χ4n) is 12.9. The fraction of sp³-hybridized carbons (Fsp3) is 0. The molecule has 12 heteroatoms. The smallest absolute Gasteiger partial charge is 0.189 e. The van der Waals surface area contributed by atoms with Gasteiger partial charge in [-0.1, -0.05) is 231 Å². The van der Waals surface area contributed by atoms with E-state index in [1.165, 1.54) is 0 Å². The summed E-state index contributed by atoms with van der Waals surface area (Å²) in [7, 11) is 0. The Bertz CT molecular complexity index is 5840. The second-order valence-electron chi connectivity index (χ2n) is 23.3. The highest BCUT2D eigenvalue weighted by Crippen LogP contribution is 2.43. The first-order valence-electron chi connectivity index (χ1n) is 31.4. The number of rotatable bonds is 12. The van der Waals surface area contributed by atoms with Crippen LogP contribution in [0.1, 0.15) is 0 Å². The van der Waals surface area contributed by atoms with Gasteiger partial charge in [0, 0.05) is 77.3 Å². The highest BCUT2D eigenvalue weighted by Gasteiger charge is 2.25. The van der Waals surface area contributed by atoms with Crippen molar-refractivity contribution in [3.8, 4) is 125 Å². The molecule has 0 spiro atoms. The van der Waals surface area contributed by atoms with Gasteiger partial charge in [-0.3, -0.25) is 0 Å². The third-order valence-electron chi connectivity index (χ3n) is 17.5. The van der Waals surface area contributed by atoms with E-state index in [-0.39, 0.29) is 0 Å². The van der Waals surface area contributed by atoms with E-state index in [4.69, 9.17) is 53.0 Å². The molecule has 17 rings (SSSR count). The molecule has 0 fully saturated rings. The minimum absolute atomic E-state index is 0.402. The van der Waals surface area contributed by atoms with Crippen LogP contribution in [0.4, 0.5) is 11.4 Å². The predicted octanol–water partition coefficient (Wildman–Crippen LogP) is 20.8. The predicted molar refractivity (Wildman–Crippen MR) is 384 cm³/mol. The number of fused-ring (bicyclic) bond motifs is 6. The van der Waals surface area contributed by atoms with Crippen molar-refractivity contribution in [1.29, 1.82) is 0 Å². The van der Waals surface area contributed by atoms with Crippen LogP contribution < -0.4 is 0 Å². The molecule has 12 nitrogen and oxygen atoms in total. The summed E-state index contributed by atoms with van der Waals surface area (Å²) in [6, 6.07) is 102. The van der Waals surface area contributed by atoms with E-state index in [0.29, 0.717) is 63.4 Å². The lowest BCUT2D eigenvalue weighted by Crippen LogP contribution is -2.05. The minimum atomic E-state index is 0.402. The largest absolute Gasteiger partial charge is 0.310 e. The van der Waals surface area contributed by atoms with Crippen molar-refractivity contribution in [2.45, 2.75) is 0 Å². The molecular weight excluding hydrogens is 1180 g/mol. The summed E-state index contributed by atoms with van der Waals surface area (Å²) >= 11 is 0. The van der Waals surface area contributed by atoms with Gasteiger partial charge in [-0.25, -0.2) is 49.6 Å². The Labute approximate surface area is 551 Å². The Morgan fingerprint density at radius 3 is 1.07 bits per heavy atom. The Morgan fingerprint density at radius 1 is 0.219 bits per heavy atom. The Balaban J connectivity index is 0.867. The van der Waals surface area contributed by atoms with Crippen LogP contribution in [0.3, 0.4) is 0 Å². The molecule has 0 bridgehead atoms. The zero-order valence-corrected chi connectivity index (χ0v) is 51.2. The molecule has 0 unspecified atom stereocenters. The highest BCUT2D eigenvalue weighted by atomic mass is 15.1. The second kappa shape index (κ2) is 23.8. The lowest BCUT2D eigenvalue weighted by molar-refractivity contribution is 1.06. The number of hydrogen-bond donors (Lipinski definition) is 0. The molecule has 446 valence electrons. The van der Waals surface area contributed by atoms with Crippen LogP contribution in [0, 0.1) is 13.1 Å². The van der Waals surface area contributed by atoms with Gasteiger partial charge in [-0.05, 0) is 83.9 Å². The van der Waals surface area contributed by atoms with Gasteiger partial charge in [0.25, 0.3) is 0 Å². The quantitative estimate of drug-likeness (QED) is 0.111. The van der Waals surface area contributed by atoms with Crippen molar-refractivity contribution in [3.05, 3.63) is 326 Å². The third-order valence-corrected chi connectivity index (χ3v) is 17.5. The van der Waals surface area contributed by atoms with Gasteiger partial charge in [0.05, 0.1) is 52.3 Å². The Hall–Kier alpha value is -13.7. The third kappa shape index (κ3) is 10.2. The average molecular weight is 1230 g/mol. The summed E-state index contributed by atoms with van der Waals surface area (Å²) in [6.45, 7) is 16.2. The lowest BCUT2D eigenvalue weighted by atomic mass is 10.0. The minimum Gasteiger partial charge on any atom is -0.310 e. The molecule has 0 N–H and O–H groups in total. The maximum Gasteiger partial charge on any atom is 0.189 e. The van der Waals surface area contributed by atoms with Crippen molar-refractivity contribution in [2.75, 3.05) is 0 Å². The zero-order valence-electron chi connectivity index (χ0n) is 51.2. The summed E-state index contributed by atoms with van der Waals surface area (Å²) in [6.07, 6.45) is 0. The van der Waals surface area contributed by atoms with Crippen LogP contribution >= 0.6 is 0 Å². The molecule has 0 aliphatic carbocycles. The number of nitrogens with zero attached hydrogens (tertiary/aromatic N) is 12. The van der Waals surface area contributed by atoms with Gasteiger partial charge in [0.2, 0.25) is 0 Å². The maximum atomic E-state index is 8.44. The summed E-state index contributed by atoms with van der Waals surface area (Å²) < 4.78 is 4.50. The fourth-order valence-corrected chi connectivity index (χ4v) is 12.9. The van der Waals surface area contributed by atoms with E-state index in [9.17, 15) is 0 Å². The van der Waals surface area contributed by atoms with Crippen LogP contribution in [0.15, 0.2) is 303 Å². The molecule has 12 aromatic carbocycles. The van der Waals surface area contributed by atoms with Gasteiger partial charge in [-0.2, -0.15) is 0 Å². The van der Waals surface area contributed by atoms with Gasteiger partial charge in [0.15, 0.2) is 52.1 Å². The first kappa shape index (κ1) is 56.3. The van der Waals surface area contributed by atoms with E-state index < -0.39 is 0 Å². The van der Waals surface area contributed by atoms with Crippen molar-refractivity contribution >= 4 is 55.0 Å². The standard InChI is InChI=1S/C84H50N12/c1-85-62-41-36-53(37-42-62)59-38-45-76(95-72-34-20-18-32-64(72)67-50-61(40-46-74(67)95)82-90-78(56-26-12-5-13-27-56)89-79(91-82)57-28-14-6-15-29-57)69(48-59)84-93-80(58-30-16-7-17-31-58)92-83(94-84)66-44-43-63(86-2)51-77(66)96-73-35-21-19-33-65(73)68-49-60(39-47-75(68)96)81-87-70(54-22-8-3-9-23-54)52-71(88-81)55-24-10-4-11-25-55/h3-52H. The first-order valence-corrected chi connectivity index (χ1v) is 31.4. The number of aromatic nitrogens is 10. The SMILES string of the molecule is [C-]#[N+]c1ccc(-c2ccc(-n3c4ccccc4c4cc(-c5nc(-c6ccccc6)nc(-c6ccccc6)n5)ccc43)c(-c3nc(-c4ccccc4)nc(-c4ccc([N+]#[C-])cc4-n4c5ccccc5c5cc(-c6nc(-c7ccccc7)cc(-c7ccccc7)n6)ccc54)n3)c2)cc1. The lowest BCUT2D eigenvalue weighted by Gasteiger charge is -2.18. The highest BCUT2D eigenvalue weighted by molar-refractivity contribution is 6.12. The van der Waals surface area contributed by atoms with E-state index >= 15 is 0 Å². The molecule has 0 atom stereocenters. The molecule has 0 aliphatic heterocycles. The maximum absolute atomic E-state index is 8.44. The molecule has 0 amide bonds. The second-order valence-corrected chi connectivity index (χ2v) is 23.3. The van der Waals surface area contributed by atoms with Crippen LogP contribution in [0.25, 0.3) is 178 Å². The average Bonchev–Trinajstić information content (AvgIpc) is 1.55. The van der Waals surface area contributed by atoms with Crippen molar-refractivity contribution in [1.82, 2.24) is 49.0 Å². The molecule has 0 saturated carbocycles. The zero-order chi connectivity index (χ0) is 64.1. The Kier molecular flexibility index (Phi) is 14.0. The van der Waals surface area contributed by atoms with Gasteiger partial charge in [0.1, 0.15) is 0 Å². The van der Waals surface area contributed by atoms with Crippen molar-refractivity contribution < 1.29 is 0 Å². The monoisotopic (exact) mass is 1230 g/mol. The molecule has 96 heavy (non-hydrogen) atoms. The van der Waals surface area contributed by atoms with Crippen LogP contribution in [0.5, 0.6) is 0 Å². The van der Waals surface area contributed by atoms with E-state index in [2.05, 4.69) is 146 Å². The van der Waals surface area contributed by atoms with Crippen LogP contribution in [-0.4, -0.2) is 49.0 Å². The molecule has 0 saturated heterocycles. The van der Waals surface area contributed by atoms with Crippen molar-refractivity contribution in [2.24, 2.45) is 0 Å². The van der Waals surface area contributed by atoms with Crippen molar-refractivity contribution in [3.63, 3.8) is 0 Å². The first-order chi connectivity index (χ1) is 47.5. The Morgan fingerprint density at radius 2 is 0.583 bits per heavy atom. The number of hydrogen-bond acceptors (Lipinski definition) is 8. The summed E-state index contributed by atoms with van der Waals surface area (Å²) in [4.78, 5) is 49.9. The summed E-state index contributed by atoms with van der Waals surface area (Å²) in [5, 5.41) is 3.99. The molecule has 0 radical (unpaired) electrons. The summed E-state index contributed by atoms with van der Waals surface area (Å²) in [5.41, 5.74) is 17.4. The van der Waals surface area contributed by atoms with Crippen LogP contribution in [0.2, 0.25) is 0 Å². The molecule has 5 aromatic heterocycles. The van der Waals surface area contributed by atoms with Crippen LogP contribution in [-0.2, 0) is 0 Å². The van der Waals surface area contributed by atoms with Gasteiger partial charge < -0.3 is 9.13 Å². The van der Waals surface area contributed by atoms with Gasteiger partial charge >= 0.3 is 0 Å². The number of para-hydroxylation sites is 2. The van der Waals surface area contributed by atoms with E-state index in [1.54, 1.807) is 0 Å². The normalized spacial score (nSPS) is 11.3. The molecule has 0 aliphatic rings. The van der Waals surface area contributed by atoms with E-state index in [0.717, 1.165) is 116 Å². The molecular formula is C84H50N12.